The zero-order valence-electron chi connectivity index (χ0n) is 10.7. The molecule has 0 saturated heterocycles. The van der Waals surface area contributed by atoms with Gasteiger partial charge in [0.2, 0.25) is 0 Å². The number of hydrogen-bond donors (Lipinski definition) is 1. The van der Waals surface area contributed by atoms with Crippen molar-refractivity contribution in [1.29, 1.82) is 0 Å². The van der Waals surface area contributed by atoms with Crippen molar-refractivity contribution in [3.63, 3.8) is 0 Å². The zero-order valence-corrected chi connectivity index (χ0v) is 10.7. The van der Waals surface area contributed by atoms with Crippen molar-refractivity contribution >= 4 is 0 Å². The number of aliphatic hydroxyl groups is 1. The summed E-state index contributed by atoms with van der Waals surface area (Å²) in [5.74, 6) is 0.804. The van der Waals surface area contributed by atoms with E-state index in [-0.39, 0.29) is 6.61 Å². The van der Waals surface area contributed by atoms with Crippen LogP contribution in [0.5, 0.6) is 11.8 Å². The van der Waals surface area contributed by atoms with Gasteiger partial charge < -0.3 is 14.6 Å². The number of para-hydroxylation sites is 1. The lowest BCUT2D eigenvalue weighted by molar-refractivity contribution is 0.205. The predicted molar refractivity (Wildman–Crippen MR) is 70.1 cm³/mol. The van der Waals surface area contributed by atoms with Gasteiger partial charge in [0.1, 0.15) is 19.0 Å². The average Bonchev–Trinajstić information content (AvgIpc) is 2.45. The van der Waals surface area contributed by atoms with E-state index in [0.29, 0.717) is 24.8 Å². The van der Waals surface area contributed by atoms with E-state index >= 15 is 0 Å². The third kappa shape index (κ3) is 3.93. The Morgan fingerprint density at radius 1 is 1.11 bits per heavy atom. The molecule has 2 rings (SSSR count). The molecule has 0 saturated carbocycles. The second kappa shape index (κ2) is 6.70. The molecule has 0 spiro atoms. The lowest BCUT2D eigenvalue weighted by Gasteiger charge is -2.08. The van der Waals surface area contributed by atoms with E-state index in [2.05, 4.69) is 9.97 Å². The molecular formula is C14H16N2O3. The van der Waals surface area contributed by atoms with Crippen molar-refractivity contribution in [3.8, 4) is 11.8 Å². The van der Waals surface area contributed by atoms with E-state index in [1.54, 1.807) is 13.1 Å². The standard InChI is InChI=1S/C14H16N2O3/c1-11-12(10-17)9-15-14(16-11)19-8-7-18-13-5-3-2-4-6-13/h2-6,9,17H,7-8,10H2,1H3. The van der Waals surface area contributed by atoms with Crippen LogP contribution in [0.25, 0.3) is 0 Å². The second-order valence-corrected chi connectivity index (χ2v) is 3.93. The Morgan fingerprint density at radius 2 is 1.84 bits per heavy atom. The highest BCUT2D eigenvalue weighted by Gasteiger charge is 2.03. The summed E-state index contributed by atoms with van der Waals surface area (Å²) in [7, 11) is 0. The van der Waals surface area contributed by atoms with Gasteiger partial charge in [0.25, 0.3) is 0 Å². The first-order chi connectivity index (χ1) is 9.29. The number of ether oxygens (including phenoxy) is 2. The molecule has 19 heavy (non-hydrogen) atoms. The summed E-state index contributed by atoms with van der Waals surface area (Å²) in [6, 6.07) is 9.83. The molecular weight excluding hydrogens is 244 g/mol. The average molecular weight is 260 g/mol. The van der Waals surface area contributed by atoms with Gasteiger partial charge in [-0.2, -0.15) is 0 Å². The highest BCUT2D eigenvalue weighted by molar-refractivity contribution is 5.20. The number of rotatable bonds is 6. The maximum absolute atomic E-state index is 9.01. The molecule has 0 aliphatic carbocycles. The monoisotopic (exact) mass is 260 g/mol. The van der Waals surface area contributed by atoms with E-state index in [1.165, 1.54) is 0 Å². The Hall–Kier alpha value is -2.14. The van der Waals surface area contributed by atoms with E-state index in [9.17, 15) is 0 Å². The fourth-order valence-electron chi connectivity index (χ4n) is 1.50. The van der Waals surface area contributed by atoms with Crippen LogP contribution in [0.3, 0.4) is 0 Å². The van der Waals surface area contributed by atoms with Crippen molar-refractivity contribution in [2.75, 3.05) is 13.2 Å². The summed E-state index contributed by atoms with van der Waals surface area (Å²) >= 11 is 0. The normalized spacial score (nSPS) is 10.2. The smallest absolute Gasteiger partial charge is 0.316 e. The van der Waals surface area contributed by atoms with Gasteiger partial charge in [-0.25, -0.2) is 9.97 Å². The summed E-state index contributed by atoms with van der Waals surface area (Å²) in [4.78, 5) is 8.15. The summed E-state index contributed by atoms with van der Waals surface area (Å²) < 4.78 is 10.9. The van der Waals surface area contributed by atoms with Gasteiger partial charge >= 0.3 is 6.01 Å². The Labute approximate surface area is 111 Å². The largest absolute Gasteiger partial charge is 0.490 e. The minimum Gasteiger partial charge on any atom is -0.490 e. The SMILES string of the molecule is Cc1nc(OCCOc2ccccc2)ncc1CO. The summed E-state index contributed by atoms with van der Waals surface area (Å²) in [6.07, 6.45) is 1.57. The summed E-state index contributed by atoms with van der Waals surface area (Å²) in [5.41, 5.74) is 1.42. The molecule has 0 fully saturated rings. The van der Waals surface area contributed by atoms with Gasteiger partial charge in [0.05, 0.1) is 12.3 Å². The van der Waals surface area contributed by atoms with Gasteiger partial charge in [-0.05, 0) is 19.1 Å². The number of aromatic nitrogens is 2. The fraction of sp³-hybridized carbons (Fsp3) is 0.286. The van der Waals surface area contributed by atoms with Crippen LogP contribution in [0, 0.1) is 6.92 Å². The Morgan fingerprint density at radius 3 is 2.53 bits per heavy atom. The van der Waals surface area contributed by atoms with Gasteiger partial charge in [0, 0.05) is 11.8 Å². The minimum absolute atomic E-state index is 0.0662. The van der Waals surface area contributed by atoms with Gasteiger partial charge in [-0.15, -0.1) is 0 Å². The lowest BCUT2D eigenvalue weighted by Crippen LogP contribution is -2.11. The maximum atomic E-state index is 9.01. The molecule has 0 radical (unpaired) electrons. The molecule has 5 nitrogen and oxygen atoms in total. The third-order valence-electron chi connectivity index (χ3n) is 2.56. The quantitative estimate of drug-likeness (QED) is 0.801. The Kier molecular flexibility index (Phi) is 4.69. The van der Waals surface area contributed by atoms with Gasteiger partial charge in [-0.3, -0.25) is 0 Å². The second-order valence-electron chi connectivity index (χ2n) is 3.93. The van der Waals surface area contributed by atoms with Crippen LogP contribution in [0.15, 0.2) is 36.5 Å². The van der Waals surface area contributed by atoms with Crippen LogP contribution in [-0.2, 0) is 6.61 Å². The minimum atomic E-state index is -0.0662. The molecule has 0 unspecified atom stereocenters. The van der Waals surface area contributed by atoms with Gasteiger partial charge in [-0.1, -0.05) is 18.2 Å². The van der Waals surface area contributed by atoms with E-state index in [0.717, 1.165) is 11.4 Å². The van der Waals surface area contributed by atoms with Gasteiger partial charge in [0.15, 0.2) is 0 Å². The van der Waals surface area contributed by atoms with Crippen molar-refractivity contribution < 1.29 is 14.6 Å². The van der Waals surface area contributed by atoms with E-state index in [4.69, 9.17) is 14.6 Å². The Bertz CT molecular complexity index is 517. The fourth-order valence-corrected chi connectivity index (χ4v) is 1.50. The topological polar surface area (TPSA) is 64.5 Å². The van der Waals surface area contributed by atoms with Crippen molar-refractivity contribution in [1.82, 2.24) is 9.97 Å². The van der Waals surface area contributed by atoms with Crippen molar-refractivity contribution in [2.24, 2.45) is 0 Å². The van der Waals surface area contributed by atoms with Crippen LogP contribution in [0.1, 0.15) is 11.3 Å². The zero-order chi connectivity index (χ0) is 13.5. The molecule has 1 aromatic carbocycles. The van der Waals surface area contributed by atoms with Crippen LogP contribution < -0.4 is 9.47 Å². The molecule has 0 bridgehead atoms. The lowest BCUT2D eigenvalue weighted by atomic mass is 10.3. The van der Waals surface area contributed by atoms with E-state index in [1.807, 2.05) is 30.3 Å². The molecule has 0 atom stereocenters. The molecule has 0 aliphatic heterocycles. The first-order valence-corrected chi connectivity index (χ1v) is 6.03. The first kappa shape index (κ1) is 13.3. The summed E-state index contributed by atoms with van der Waals surface area (Å²) in [5, 5.41) is 9.01. The number of aryl methyl sites for hydroxylation is 1. The molecule has 5 heteroatoms. The molecule has 0 amide bonds. The van der Waals surface area contributed by atoms with Crippen LogP contribution >= 0.6 is 0 Å². The molecule has 100 valence electrons. The van der Waals surface area contributed by atoms with E-state index < -0.39 is 0 Å². The molecule has 1 N–H and O–H groups in total. The third-order valence-corrected chi connectivity index (χ3v) is 2.56. The van der Waals surface area contributed by atoms with Crippen LogP contribution in [-0.4, -0.2) is 28.3 Å². The molecule has 1 heterocycles. The molecule has 1 aromatic heterocycles. The maximum Gasteiger partial charge on any atom is 0.316 e. The number of hydrogen-bond acceptors (Lipinski definition) is 5. The highest BCUT2D eigenvalue weighted by Crippen LogP contribution is 2.10. The first-order valence-electron chi connectivity index (χ1n) is 6.03. The number of benzene rings is 1. The molecule has 2 aromatic rings. The highest BCUT2D eigenvalue weighted by atomic mass is 16.5. The van der Waals surface area contributed by atoms with Crippen molar-refractivity contribution in [2.45, 2.75) is 13.5 Å². The Balaban J connectivity index is 1.78. The van der Waals surface area contributed by atoms with Crippen LogP contribution in [0.4, 0.5) is 0 Å². The van der Waals surface area contributed by atoms with Crippen LogP contribution in [0.2, 0.25) is 0 Å². The van der Waals surface area contributed by atoms with Crippen molar-refractivity contribution in [3.05, 3.63) is 47.8 Å². The molecule has 0 aliphatic rings. The number of aliphatic hydroxyl groups excluding tert-OH is 1. The summed E-state index contributed by atoms with van der Waals surface area (Å²) in [6.45, 7) is 2.53. The predicted octanol–water partition coefficient (Wildman–Crippen LogP) is 1.74. The number of nitrogens with zero attached hydrogens (tertiary/aromatic N) is 2.